The molecule has 0 spiro atoms. The number of hydrogen-bond donors (Lipinski definition) is 2. The predicted octanol–water partition coefficient (Wildman–Crippen LogP) is 1.91. The first-order valence-electron chi connectivity index (χ1n) is 5.70. The van der Waals surface area contributed by atoms with Crippen LogP contribution in [0.4, 0.5) is 4.39 Å². The SMILES string of the molecule is NNC(c1ccnnc1)c1cc2cccc(F)c2o1. The fraction of sp³-hybridized carbons (Fsp3) is 0.0769. The maximum Gasteiger partial charge on any atom is 0.169 e. The van der Waals surface area contributed by atoms with E-state index in [1.54, 1.807) is 36.7 Å². The van der Waals surface area contributed by atoms with Crippen LogP contribution in [0.3, 0.4) is 0 Å². The number of fused-ring (bicyclic) bond motifs is 1. The van der Waals surface area contributed by atoms with Crippen molar-refractivity contribution < 1.29 is 8.81 Å². The second-order valence-electron chi connectivity index (χ2n) is 4.08. The lowest BCUT2D eigenvalue weighted by Crippen LogP contribution is -2.28. The van der Waals surface area contributed by atoms with Crippen molar-refractivity contribution in [1.82, 2.24) is 15.6 Å². The highest BCUT2D eigenvalue weighted by atomic mass is 19.1. The van der Waals surface area contributed by atoms with E-state index in [-0.39, 0.29) is 5.58 Å². The van der Waals surface area contributed by atoms with Crippen molar-refractivity contribution >= 4 is 11.0 Å². The highest BCUT2D eigenvalue weighted by Crippen LogP contribution is 2.28. The van der Waals surface area contributed by atoms with Gasteiger partial charge in [-0.1, -0.05) is 12.1 Å². The van der Waals surface area contributed by atoms with Crippen molar-refractivity contribution in [2.24, 2.45) is 5.84 Å². The van der Waals surface area contributed by atoms with Crippen LogP contribution < -0.4 is 11.3 Å². The summed E-state index contributed by atoms with van der Waals surface area (Å²) in [5.41, 5.74) is 3.64. The van der Waals surface area contributed by atoms with Gasteiger partial charge in [-0.15, -0.1) is 0 Å². The van der Waals surface area contributed by atoms with E-state index in [2.05, 4.69) is 15.6 Å². The van der Waals surface area contributed by atoms with E-state index in [0.29, 0.717) is 11.1 Å². The van der Waals surface area contributed by atoms with Crippen molar-refractivity contribution in [2.75, 3.05) is 0 Å². The number of halogens is 1. The molecular weight excluding hydrogens is 247 g/mol. The minimum Gasteiger partial charge on any atom is -0.456 e. The molecule has 0 radical (unpaired) electrons. The van der Waals surface area contributed by atoms with Crippen LogP contribution in [0, 0.1) is 5.82 Å². The summed E-state index contributed by atoms with van der Waals surface area (Å²) in [4.78, 5) is 0. The van der Waals surface area contributed by atoms with Crippen LogP contribution in [-0.4, -0.2) is 10.2 Å². The Labute approximate surface area is 108 Å². The van der Waals surface area contributed by atoms with E-state index in [4.69, 9.17) is 10.3 Å². The van der Waals surface area contributed by atoms with Gasteiger partial charge in [0.1, 0.15) is 11.8 Å². The highest BCUT2D eigenvalue weighted by Gasteiger charge is 2.18. The molecule has 0 amide bonds. The zero-order chi connectivity index (χ0) is 13.2. The number of para-hydroxylation sites is 1. The number of aromatic nitrogens is 2. The molecule has 0 fully saturated rings. The first-order chi connectivity index (χ1) is 9.29. The predicted molar refractivity (Wildman–Crippen MR) is 67.4 cm³/mol. The Balaban J connectivity index is 2.09. The summed E-state index contributed by atoms with van der Waals surface area (Å²) >= 11 is 0. The van der Waals surface area contributed by atoms with Gasteiger partial charge in [-0.2, -0.15) is 10.2 Å². The summed E-state index contributed by atoms with van der Waals surface area (Å²) < 4.78 is 19.1. The molecule has 96 valence electrons. The number of nitrogens with one attached hydrogen (secondary N) is 1. The monoisotopic (exact) mass is 258 g/mol. The number of hydrazine groups is 1. The molecule has 6 heteroatoms. The number of benzene rings is 1. The fourth-order valence-electron chi connectivity index (χ4n) is 2.00. The van der Waals surface area contributed by atoms with Gasteiger partial charge in [-0.05, 0) is 23.8 Å². The second-order valence-corrected chi connectivity index (χ2v) is 4.08. The smallest absolute Gasteiger partial charge is 0.169 e. The van der Waals surface area contributed by atoms with Crippen molar-refractivity contribution in [3.63, 3.8) is 0 Å². The van der Waals surface area contributed by atoms with Gasteiger partial charge in [-0.3, -0.25) is 5.84 Å². The molecule has 1 aromatic carbocycles. The first-order valence-corrected chi connectivity index (χ1v) is 5.70. The van der Waals surface area contributed by atoms with Crippen LogP contribution >= 0.6 is 0 Å². The molecule has 0 aliphatic rings. The summed E-state index contributed by atoms with van der Waals surface area (Å²) in [6.45, 7) is 0. The average molecular weight is 258 g/mol. The lowest BCUT2D eigenvalue weighted by Gasteiger charge is -2.12. The minimum atomic E-state index is -0.401. The minimum absolute atomic E-state index is 0.222. The Morgan fingerprint density at radius 3 is 2.84 bits per heavy atom. The Hall–Kier alpha value is -2.31. The molecular formula is C13H11FN4O. The molecule has 3 rings (SSSR count). The third-order valence-corrected chi connectivity index (χ3v) is 2.91. The third-order valence-electron chi connectivity index (χ3n) is 2.91. The van der Waals surface area contributed by atoms with Gasteiger partial charge in [-0.25, -0.2) is 9.82 Å². The van der Waals surface area contributed by atoms with Gasteiger partial charge in [0, 0.05) is 11.6 Å². The number of hydrogen-bond acceptors (Lipinski definition) is 5. The van der Waals surface area contributed by atoms with Crippen molar-refractivity contribution in [2.45, 2.75) is 6.04 Å². The molecule has 1 atom stereocenters. The van der Waals surface area contributed by atoms with Crippen LogP contribution in [0.2, 0.25) is 0 Å². The van der Waals surface area contributed by atoms with Gasteiger partial charge in [0.15, 0.2) is 11.4 Å². The van der Waals surface area contributed by atoms with Crippen LogP contribution in [0.25, 0.3) is 11.0 Å². The summed E-state index contributed by atoms with van der Waals surface area (Å²) in [5.74, 6) is 5.67. The van der Waals surface area contributed by atoms with Gasteiger partial charge < -0.3 is 4.42 Å². The lowest BCUT2D eigenvalue weighted by atomic mass is 10.1. The zero-order valence-corrected chi connectivity index (χ0v) is 9.88. The summed E-state index contributed by atoms with van der Waals surface area (Å²) in [7, 11) is 0. The largest absolute Gasteiger partial charge is 0.456 e. The molecule has 5 nitrogen and oxygen atoms in total. The second kappa shape index (κ2) is 4.75. The van der Waals surface area contributed by atoms with Crippen molar-refractivity contribution in [3.05, 3.63) is 59.9 Å². The number of nitrogens with two attached hydrogens (primary N) is 1. The molecule has 0 saturated heterocycles. The maximum atomic E-state index is 13.6. The van der Waals surface area contributed by atoms with Crippen molar-refractivity contribution in [3.8, 4) is 0 Å². The first kappa shape index (κ1) is 11.8. The molecule has 2 aromatic heterocycles. The third kappa shape index (κ3) is 2.07. The Bertz CT molecular complexity index is 698. The molecule has 0 aliphatic carbocycles. The summed E-state index contributed by atoms with van der Waals surface area (Å²) in [6, 6.07) is 7.89. The van der Waals surface area contributed by atoms with Gasteiger partial charge in [0.05, 0.1) is 6.20 Å². The quantitative estimate of drug-likeness (QED) is 0.554. The number of furan rings is 1. The molecule has 1 unspecified atom stereocenters. The van der Waals surface area contributed by atoms with Crippen LogP contribution in [0.1, 0.15) is 17.4 Å². The highest BCUT2D eigenvalue weighted by molar-refractivity contribution is 5.78. The van der Waals surface area contributed by atoms with Gasteiger partial charge >= 0.3 is 0 Å². The standard InChI is InChI=1S/C13H11FN4O/c14-10-3-1-2-8-6-11(19-13(8)10)12(18-15)9-4-5-16-17-7-9/h1-7,12,18H,15H2. The topological polar surface area (TPSA) is 77.0 Å². The van der Waals surface area contributed by atoms with Crippen molar-refractivity contribution in [1.29, 1.82) is 0 Å². The molecule has 3 N–H and O–H groups in total. The summed E-state index contributed by atoms with van der Waals surface area (Å²) in [6.07, 6.45) is 3.14. The Morgan fingerprint density at radius 1 is 1.26 bits per heavy atom. The number of nitrogens with zero attached hydrogens (tertiary/aromatic N) is 2. The molecule has 2 heterocycles. The number of rotatable bonds is 3. The van der Waals surface area contributed by atoms with E-state index in [1.807, 2.05) is 0 Å². The molecule has 0 bridgehead atoms. The van der Waals surface area contributed by atoms with Crippen LogP contribution in [0.15, 0.2) is 47.1 Å². The van der Waals surface area contributed by atoms with Crippen LogP contribution in [0.5, 0.6) is 0 Å². The average Bonchev–Trinajstić information content (AvgIpc) is 2.86. The van der Waals surface area contributed by atoms with Gasteiger partial charge in [0.2, 0.25) is 0 Å². The molecule has 0 aliphatic heterocycles. The van der Waals surface area contributed by atoms with Crippen LogP contribution in [-0.2, 0) is 0 Å². The molecule has 3 aromatic rings. The zero-order valence-electron chi connectivity index (χ0n) is 9.88. The lowest BCUT2D eigenvalue weighted by molar-refractivity contribution is 0.464. The maximum absolute atomic E-state index is 13.6. The fourth-order valence-corrected chi connectivity index (χ4v) is 2.00. The van der Waals surface area contributed by atoms with E-state index < -0.39 is 11.9 Å². The summed E-state index contributed by atoms with van der Waals surface area (Å²) in [5, 5.41) is 8.18. The molecule has 0 saturated carbocycles. The van der Waals surface area contributed by atoms with E-state index in [9.17, 15) is 4.39 Å². The van der Waals surface area contributed by atoms with E-state index in [0.717, 1.165) is 5.56 Å². The molecule has 19 heavy (non-hydrogen) atoms. The van der Waals surface area contributed by atoms with E-state index in [1.165, 1.54) is 6.07 Å². The van der Waals surface area contributed by atoms with Gasteiger partial charge in [0.25, 0.3) is 0 Å². The Morgan fingerprint density at radius 2 is 2.16 bits per heavy atom. The Kier molecular flexibility index (Phi) is 2.94. The normalized spacial score (nSPS) is 12.7. The van der Waals surface area contributed by atoms with E-state index >= 15 is 0 Å².